The minimum atomic E-state index is 0.178. The first-order valence-corrected chi connectivity index (χ1v) is 6.48. The van der Waals surface area contributed by atoms with E-state index in [2.05, 4.69) is 21.8 Å². The summed E-state index contributed by atoms with van der Waals surface area (Å²) in [6, 6.07) is 4.21. The second kappa shape index (κ2) is 5.87. The highest BCUT2D eigenvalue weighted by Crippen LogP contribution is 2.19. The van der Waals surface area contributed by atoms with Gasteiger partial charge in [-0.25, -0.2) is 4.98 Å². The van der Waals surface area contributed by atoms with Gasteiger partial charge in [0.25, 0.3) is 0 Å². The molecule has 1 N–H and O–H groups in total. The molecule has 0 aliphatic carbocycles. The third kappa shape index (κ3) is 2.82. The number of aromatic nitrogens is 2. The van der Waals surface area contributed by atoms with Crippen LogP contribution in [0, 0.1) is 6.92 Å². The van der Waals surface area contributed by atoms with Crippen molar-refractivity contribution in [2.75, 3.05) is 7.05 Å². The maximum absolute atomic E-state index is 5.69. The molecule has 2 rings (SSSR count). The molecule has 2 aromatic rings. The average molecular weight is 247 g/mol. The van der Waals surface area contributed by atoms with Crippen molar-refractivity contribution < 1.29 is 4.42 Å². The number of rotatable bonds is 6. The van der Waals surface area contributed by atoms with Crippen molar-refractivity contribution in [1.29, 1.82) is 0 Å². The molecule has 0 saturated heterocycles. The Balaban J connectivity index is 2.12. The van der Waals surface area contributed by atoms with Crippen LogP contribution < -0.4 is 5.32 Å². The van der Waals surface area contributed by atoms with E-state index in [1.807, 2.05) is 38.5 Å². The summed E-state index contributed by atoms with van der Waals surface area (Å²) in [5, 5.41) is 3.29. The summed E-state index contributed by atoms with van der Waals surface area (Å²) in [6.45, 7) is 5.16. The topological polar surface area (TPSA) is 43.0 Å². The summed E-state index contributed by atoms with van der Waals surface area (Å²) in [6.07, 6.45) is 5.87. The van der Waals surface area contributed by atoms with Crippen molar-refractivity contribution in [2.45, 2.75) is 39.3 Å². The lowest BCUT2D eigenvalue weighted by molar-refractivity contribution is 0.407. The Morgan fingerprint density at radius 1 is 1.44 bits per heavy atom. The number of nitrogens with zero attached hydrogens (tertiary/aromatic N) is 2. The average Bonchev–Trinajstić information content (AvgIpc) is 2.96. The van der Waals surface area contributed by atoms with Gasteiger partial charge in [0, 0.05) is 25.4 Å². The van der Waals surface area contributed by atoms with Crippen LogP contribution in [-0.4, -0.2) is 16.6 Å². The zero-order valence-electron chi connectivity index (χ0n) is 11.3. The molecule has 0 spiro atoms. The van der Waals surface area contributed by atoms with Gasteiger partial charge >= 0.3 is 0 Å². The standard InChI is InChI=1S/C14H21N3O/c1-4-8-17-9-7-16-14(17)10-12(15-3)13-6-5-11(2)18-13/h5-7,9,12,15H,4,8,10H2,1-3H3. The zero-order valence-corrected chi connectivity index (χ0v) is 11.3. The molecule has 0 bridgehead atoms. The zero-order chi connectivity index (χ0) is 13.0. The van der Waals surface area contributed by atoms with Gasteiger partial charge in [-0.2, -0.15) is 0 Å². The van der Waals surface area contributed by atoms with Crippen LogP contribution in [0.2, 0.25) is 0 Å². The van der Waals surface area contributed by atoms with Crippen LogP contribution in [0.3, 0.4) is 0 Å². The molecule has 0 fully saturated rings. The van der Waals surface area contributed by atoms with Gasteiger partial charge in [-0.1, -0.05) is 6.92 Å². The van der Waals surface area contributed by atoms with E-state index in [-0.39, 0.29) is 6.04 Å². The van der Waals surface area contributed by atoms with Crippen LogP contribution in [-0.2, 0) is 13.0 Å². The minimum Gasteiger partial charge on any atom is -0.465 e. The summed E-state index contributed by atoms with van der Waals surface area (Å²) in [5.41, 5.74) is 0. The summed E-state index contributed by atoms with van der Waals surface area (Å²) in [7, 11) is 1.95. The SMILES string of the molecule is CCCn1ccnc1CC(NC)c1ccc(C)o1. The number of furan rings is 1. The summed E-state index contributed by atoms with van der Waals surface area (Å²) >= 11 is 0. The van der Waals surface area contributed by atoms with Crippen LogP contribution >= 0.6 is 0 Å². The maximum Gasteiger partial charge on any atom is 0.121 e. The third-order valence-corrected chi connectivity index (χ3v) is 3.11. The molecule has 0 aromatic carbocycles. The highest BCUT2D eigenvalue weighted by atomic mass is 16.3. The Kier molecular flexibility index (Phi) is 4.20. The first kappa shape index (κ1) is 12.9. The van der Waals surface area contributed by atoms with Crippen molar-refractivity contribution in [3.05, 3.63) is 41.9 Å². The number of likely N-dealkylation sites (N-methyl/N-ethyl adjacent to an activating group) is 1. The van der Waals surface area contributed by atoms with E-state index in [1.165, 1.54) is 0 Å². The van der Waals surface area contributed by atoms with E-state index in [1.54, 1.807) is 0 Å². The van der Waals surface area contributed by atoms with E-state index in [4.69, 9.17) is 4.42 Å². The molecule has 18 heavy (non-hydrogen) atoms. The molecular formula is C14H21N3O. The summed E-state index contributed by atoms with van der Waals surface area (Å²) < 4.78 is 7.89. The van der Waals surface area contributed by atoms with Crippen LogP contribution in [0.25, 0.3) is 0 Å². The Morgan fingerprint density at radius 2 is 2.28 bits per heavy atom. The second-order valence-corrected chi connectivity index (χ2v) is 4.53. The van der Waals surface area contributed by atoms with E-state index in [0.29, 0.717) is 0 Å². The van der Waals surface area contributed by atoms with Crippen LogP contribution in [0.1, 0.15) is 36.7 Å². The van der Waals surface area contributed by atoms with Crippen LogP contribution in [0.5, 0.6) is 0 Å². The summed E-state index contributed by atoms with van der Waals surface area (Å²) in [5.74, 6) is 3.02. The number of hydrogen-bond acceptors (Lipinski definition) is 3. The Bertz CT molecular complexity index is 487. The van der Waals surface area contributed by atoms with Gasteiger partial charge in [0.15, 0.2) is 0 Å². The Labute approximate surface area is 108 Å². The lowest BCUT2D eigenvalue weighted by Crippen LogP contribution is -2.20. The molecule has 4 nitrogen and oxygen atoms in total. The monoisotopic (exact) mass is 247 g/mol. The van der Waals surface area contributed by atoms with E-state index >= 15 is 0 Å². The van der Waals surface area contributed by atoms with E-state index in [9.17, 15) is 0 Å². The van der Waals surface area contributed by atoms with Gasteiger partial charge in [-0.15, -0.1) is 0 Å². The van der Waals surface area contributed by atoms with E-state index in [0.717, 1.165) is 36.7 Å². The molecule has 4 heteroatoms. The molecular weight excluding hydrogens is 226 g/mol. The van der Waals surface area contributed by atoms with Crippen molar-refractivity contribution in [2.24, 2.45) is 0 Å². The lowest BCUT2D eigenvalue weighted by Gasteiger charge is -2.14. The fraction of sp³-hybridized carbons (Fsp3) is 0.500. The fourth-order valence-corrected chi connectivity index (χ4v) is 2.14. The summed E-state index contributed by atoms with van der Waals surface area (Å²) in [4.78, 5) is 4.44. The molecule has 0 radical (unpaired) electrons. The van der Waals surface area contributed by atoms with Crippen molar-refractivity contribution >= 4 is 0 Å². The Morgan fingerprint density at radius 3 is 2.89 bits per heavy atom. The molecule has 2 aromatic heterocycles. The van der Waals surface area contributed by atoms with Gasteiger partial charge < -0.3 is 14.3 Å². The van der Waals surface area contributed by atoms with E-state index < -0.39 is 0 Å². The van der Waals surface area contributed by atoms with Gasteiger partial charge in [0.1, 0.15) is 17.3 Å². The van der Waals surface area contributed by atoms with Gasteiger partial charge in [0.05, 0.1) is 6.04 Å². The van der Waals surface area contributed by atoms with Crippen LogP contribution in [0.15, 0.2) is 28.9 Å². The normalized spacial score (nSPS) is 12.8. The van der Waals surface area contributed by atoms with Crippen molar-refractivity contribution in [3.8, 4) is 0 Å². The first-order valence-electron chi connectivity index (χ1n) is 6.48. The molecule has 0 saturated carbocycles. The predicted molar refractivity (Wildman–Crippen MR) is 71.5 cm³/mol. The number of hydrogen-bond donors (Lipinski definition) is 1. The number of nitrogens with one attached hydrogen (secondary N) is 1. The number of imidazole rings is 1. The number of aryl methyl sites for hydroxylation is 2. The highest BCUT2D eigenvalue weighted by Gasteiger charge is 2.16. The van der Waals surface area contributed by atoms with Crippen LogP contribution in [0.4, 0.5) is 0 Å². The molecule has 0 aliphatic rings. The molecule has 2 heterocycles. The molecule has 0 aliphatic heterocycles. The van der Waals surface area contributed by atoms with Crippen molar-refractivity contribution in [3.63, 3.8) is 0 Å². The fourth-order valence-electron chi connectivity index (χ4n) is 2.14. The first-order chi connectivity index (χ1) is 8.74. The minimum absolute atomic E-state index is 0.178. The second-order valence-electron chi connectivity index (χ2n) is 4.53. The predicted octanol–water partition coefficient (Wildman–Crippen LogP) is 2.70. The van der Waals surface area contributed by atoms with Gasteiger partial charge in [-0.05, 0) is 32.5 Å². The molecule has 0 amide bonds. The quantitative estimate of drug-likeness (QED) is 0.853. The smallest absolute Gasteiger partial charge is 0.121 e. The molecule has 98 valence electrons. The third-order valence-electron chi connectivity index (χ3n) is 3.11. The molecule has 1 unspecified atom stereocenters. The lowest BCUT2D eigenvalue weighted by atomic mass is 10.1. The molecule has 1 atom stereocenters. The van der Waals surface area contributed by atoms with Crippen molar-refractivity contribution in [1.82, 2.24) is 14.9 Å². The van der Waals surface area contributed by atoms with Gasteiger partial charge in [-0.3, -0.25) is 0 Å². The largest absolute Gasteiger partial charge is 0.465 e. The maximum atomic E-state index is 5.69. The Hall–Kier alpha value is -1.55. The van der Waals surface area contributed by atoms with Gasteiger partial charge in [0.2, 0.25) is 0 Å². The highest BCUT2D eigenvalue weighted by molar-refractivity contribution is 5.12.